The Hall–Kier alpha value is -1.36. The normalized spacial score (nSPS) is 10.6. The molecule has 0 fully saturated rings. The highest BCUT2D eigenvalue weighted by atomic mass is 35.5. The molecule has 2 aromatic carbocycles. The van der Waals surface area contributed by atoms with Gasteiger partial charge < -0.3 is 10.0 Å². The predicted octanol–water partition coefficient (Wildman–Crippen LogP) is 5.23. The molecule has 0 atom stereocenters. The maximum atomic E-state index is 12.2. The minimum absolute atomic E-state index is 0.0669. The van der Waals surface area contributed by atoms with Crippen LogP contribution in [0.5, 0.6) is 5.75 Å². The molecule has 0 aliphatic rings. The third-order valence-electron chi connectivity index (χ3n) is 3.52. The summed E-state index contributed by atoms with van der Waals surface area (Å²) in [5.74, 6) is 1.17. The van der Waals surface area contributed by atoms with E-state index in [1.807, 2.05) is 12.1 Å². The van der Waals surface area contributed by atoms with Gasteiger partial charge in [-0.15, -0.1) is 11.8 Å². The van der Waals surface area contributed by atoms with E-state index >= 15 is 0 Å². The third kappa shape index (κ3) is 5.62. The Morgan fingerprint density at radius 2 is 1.75 bits per heavy atom. The van der Waals surface area contributed by atoms with Gasteiger partial charge in [0, 0.05) is 40.5 Å². The lowest BCUT2D eigenvalue weighted by molar-refractivity contribution is -0.130. The number of rotatable bonds is 7. The lowest BCUT2D eigenvalue weighted by Gasteiger charge is -2.19. The fraction of sp³-hybridized carbons (Fsp3) is 0.278. The van der Waals surface area contributed by atoms with Gasteiger partial charge >= 0.3 is 0 Å². The number of thioether (sulfide) groups is 1. The van der Waals surface area contributed by atoms with Gasteiger partial charge in [0.05, 0.1) is 0 Å². The number of amides is 1. The van der Waals surface area contributed by atoms with E-state index in [0.717, 1.165) is 22.6 Å². The number of hydrogen-bond donors (Lipinski definition) is 1. The lowest BCUT2D eigenvalue weighted by Crippen LogP contribution is -2.26. The summed E-state index contributed by atoms with van der Waals surface area (Å²) in [4.78, 5) is 15.0. The highest BCUT2D eigenvalue weighted by Gasteiger charge is 2.13. The van der Waals surface area contributed by atoms with E-state index in [1.165, 1.54) is 0 Å². The summed E-state index contributed by atoms with van der Waals surface area (Å²) in [7, 11) is 1.76. The number of phenols is 1. The van der Waals surface area contributed by atoms with Crippen molar-refractivity contribution in [2.45, 2.75) is 24.3 Å². The van der Waals surface area contributed by atoms with E-state index in [4.69, 9.17) is 23.2 Å². The van der Waals surface area contributed by atoms with Crippen LogP contribution in [0.2, 0.25) is 10.0 Å². The van der Waals surface area contributed by atoms with E-state index in [1.54, 1.807) is 54.0 Å². The second kappa shape index (κ2) is 9.21. The summed E-state index contributed by atoms with van der Waals surface area (Å²) >= 11 is 13.9. The standard InChI is InChI=1S/C18H19Cl2NO2S/c1-21(12-15-16(19)4-2-5-17(15)20)18(23)6-3-11-24-14-9-7-13(22)8-10-14/h2,4-5,7-10,22H,3,6,11-12H2,1H3. The Kier molecular flexibility index (Phi) is 7.28. The van der Waals surface area contributed by atoms with Gasteiger partial charge in [-0.3, -0.25) is 4.79 Å². The SMILES string of the molecule is CN(Cc1c(Cl)cccc1Cl)C(=O)CCCSc1ccc(O)cc1. The Morgan fingerprint density at radius 3 is 2.38 bits per heavy atom. The number of phenolic OH excluding ortho intramolecular Hbond substituents is 1. The van der Waals surface area contributed by atoms with Crippen molar-refractivity contribution in [2.75, 3.05) is 12.8 Å². The fourth-order valence-corrected chi connectivity index (χ4v) is 3.53. The number of carbonyl (C=O) groups is 1. The largest absolute Gasteiger partial charge is 0.508 e. The first-order valence-corrected chi connectivity index (χ1v) is 9.30. The molecule has 1 N–H and O–H groups in total. The quantitative estimate of drug-likeness (QED) is 0.525. The fourth-order valence-electron chi connectivity index (χ4n) is 2.16. The van der Waals surface area contributed by atoms with E-state index < -0.39 is 0 Å². The number of hydrogen-bond acceptors (Lipinski definition) is 3. The smallest absolute Gasteiger partial charge is 0.222 e. The zero-order valence-corrected chi connectivity index (χ0v) is 15.7. The van der Waals surface area contributed by atoms with Crippen LogP contribution in [0, 0.1) is 0 Å². The molecular weight excluding hydrogens is 365 g/mol. The highest BCUT2D eigenvalue weighted by molar-refractivity contribution is 7.99. The summed E-state index contributed by atoms with van der Waals surface area (Å²) in [6, 6.07) is 12.4. The van der Waals surface area contributed by atoms with Crippen LogP contribution in [0.25, 0.3) is 0 Å². The molecule has 24 heavy (non-hydrogen) atoms. The van der Waals surface area contributed by atoms with Crippen LogP contribution in [-0.4, -0.2) is 28.7 Å². The maximum Gasteiger partial charge on any atom is 0.222 e. The molecule has 2 aromatic rings. The Balaban J connectivity index is 1.76. The van der Waals surface area contributed by atoms with Crippen molar-refractivity contribution in [3.8, 4) is 5.75 Å². The second-order valence-electron chi connectivity index (χ2n) is 5.40. The first-order chi connectivity index (χ1) is 11.5. The number of aromatic hydroxyl groups is 1. The summed E-state index contributed by atoms with van der Waals surface area (Å²) < 4.78 is 0. The molecular formula is C18H19Cl2NO2S. The molecule has 0 spiro atoms. The molecule has 0 saturated carbocycles. The van der Waals surface area contributed by atoms with Crippen molar-refractivity contribution in [3.05, 3.63) is 58.1 Å². The van der Waals surface area contributed by atoms with Gasteiger partial charge in [-0.25, -0.2) is 0 Å². The molecule has 128 valence electrons. The van der Waals surface area contributed by atoms with Gasteiger partial charge in [-0.1, -0.05) is 29.3 Å². The van der Waals surface area contributed by atoms with Crippen molar-refractivity contribution in [2.24, 2.45) is 0 Å². The number of carbonyl (C=O) groups excluding carboxylic acids is 1. The molecule has 2 rings (SSSR count). The summed E-state index contributed by atoms with van der Waals surface area (Å²) in [6.45, 7) is 0.405. The van der Waals surface area contributed by atoms with Crippen molar-refractivity contribution in [3.63, 3.8) is 0 Å². The van der Waals surface area contributed by atoms with Gasteiger partial charge in [0.15, 0.2) is 0 Å². The molecule has 0 saturated heterocycles. The lowest BCUT2D eigenvalue weighted by atomic mass is 10.2. The Bertz CT molecular complexity index is 672. The second-order valence-corrected chi connectivity index (χ2v) is 7.38. The molecule has 0 aliphatic carbocycles. The minimum atomic E-state index is 0.0669. The van der Waals surface area contributed by atoms with Gasteiger partial charge in [0.1, 0.15) is 5.75 Å². The molecule has 0 bridgehead atoms. The van der Waals surface area contributed by atoms with Crippen LogP contribution in [0.15, 0.2) is 47.4 Å². The van der Waals surface area contributed by atoms with Crippen LogP contribution < -0.4 is 0 Å². The van der Waals surface area contributed by atoms with E-state index in [9.17, 15) is 9.90 Å². The monoisotopic (exact) mass is 383 g/mol. The van der Waals surface area contributed by atoms with Gasteiger partial charge in [0.25, 0.3) is 0 Å². The molecule has 0 unspecified atom stereocenters. The van der Waals surface area contributed by atoms with E-state index in [0.29, 0.717) is 23.0 Å². The molecule has 6 heteroatoms. The molecule has 0 heterocycles. The van der Waals surface area contributed by atoms with Crippen LogP contribution in [0.4, 0.5) is 0 Å². The van der Waals surface area contributed by atoms with Gasteiger partial charge in [-0.2, -0.15) is 0 Å². The Labute approximate surface area is 156 Å². The first-order valence-electron chi connectivity index (χ1n) is 7.56. The average molecular weight is 384 g/mol. The molecule has 1 amide bonds. The van der Waals surface area contributed by atoms with Crippen molar-refractivity contribution in [1.82, 2.24) is 4.90 Å². The summed E-state index contributed by atoms with van der Waals surface area (Å²) in [5.41, 5.74) is 0.773. The topological polar surface area (TPSA) is 40.5 Å². The molecule has 3 nitrogen and oxygen atoms in total. The van der Waals surface area contributed by atoms with Crippen molar-refractivity contribution >= 4 is 40.9 Å². The third-order valence-corrected chi connectivity index (χ3v) is 5.33. The van der Waals surface area contributed by atoms with Crippen LogP contribution >= 0.6 is 35.0 Å². The van der Waals surface area contributed by atoms with E-state index in [-0.39, 0.29) is 11.7 Å². The number of halogens is 2. The number of benzene rings is 2. The van der Waals surface area contributed by atoms with E-state index in [2.05, 4.69) is 0 Å². The zero-order chi connectivity index (χ0) is 17.5. The highest BCUT2D eigenvalue weighted by Crippen LogP contribution is 2.26. The number of nitrogens with zero attached hydrogens (tertiary/aromatic N) is 1. The average Bonchev–Trinajstić information content (AvgIpc) is 2.56. The first kappa shape index (κ1) is 19.0. The summed E-state index contributed by atoms with van der Waals surface area (Å²) in [6.07, 6.45) is 1.26. The summed E-state index contributed by atoms with van der Waals surface area (Å²) in [5, 5.41) is 10.4. The van der Waals surface area contributed by atoms with Crippen molar-refractivity contribution in [1.29, 1.82) is 0 Å². The maximum absolute atomic E-state index is 12.2. The molecule has 0 radical (unpaired) electrons. The molecule has 0 aliphatic heterocycles. The minimum Gasteiger partial charge on any atom is -0.508 e. The predicted molar refractivity (Wildman–Crippen MR) is 101 cm³/mol. The van der Waals surface area contributed by atoms with Crippen LogP contribution in [0.3, 0.4) is 0 Å². The van der Waals surface area contributed by atoms with Crippen LogP contribution in [0.1, 0.15) is 18.4 Å². The van der Waals surface area contributed by atoms with Crippen LogP contribution in [-0.2, 0) is 11.3 Å². The van der Waals surface area contributed by atoms with Gasteiger partial charge in [0.2, 0.25) is 5.91 Å². The Morgan fingerprint density at radius 1 is 1.12 bits per heavy atom. The zero-order valence-electron chi connectivity index (χ0n) is 13.3. The van der Waals surface area contributed by atoms with Gasteiger partial charge in [-0.05, 0) is 48.6 Å². The molecule has 0 aromatic heterocycles. The van der Waals surface area contributed by atoms with Crippen molar-refractivity contribution < 1.29 is 9.90 Å².